The Morgan fingerprint density at radius 3 is 2.50 bits per heavy atom. The summed E-state index contributed by atoms with van der Waals surface area (Å²) in [5, 5.41) is 8.55. The second kappa shape index (κ2) is 2.73. The highest BCUT2D eigenvalue weighted by molar-refractivity contribution is 7.92. The smallest absolute Gasteiger partial charge is 0.212 e. The lowest BCUT2D eigenvalue weighted by Crippen LogP contribution is -1.95. The Bertz CT molecular complexity index is 440. The van der Waals surface area contributed by atoms with E-state index in [4.69, 9.17) is 11.0 Å². The van der Waals surface area contributed by atoms with Crippen molar-refractivity contribution < 1.29 is 8.42 Å². The Labute approximate surface area is 73.4 Å². The first-order valence-corrected chi connectivity index (χ1v) is 5.52. The normalized spacial score (nSPS) is 11.0. The topological polar surface area (TPSA) is 96.8 Å². The van der Waals surface area contributed by atoms with Crippen LogP contribution in [-0.2, 0) is 9.84 Å². The fourth-order valence-corrected chi connectivity index (χ4v) is 2.20. The Kier molecular flexibility index (Phi) is 2.04. The summed E-state index contributed by atoms with van der Waals surface area (Å²) in [5.74, 6) is 0. The lowest BCUT2D eigenvalue weighted by Gasteiger charge is -1.85. The van der Waals surface area contributed by atoms with E-state index in [1.807, 2.05) is 0 Å². The Morgan fingerprint density at radius 2 is 2.25 bits per heavy atom. The molecule has 0 atom stereocenters. The number of nitrogens with two attached hydrogens (primary N) is 1. The predicted octanol–water partition coefficient (Wildman–Crippen LogP) is 0.000480. The molecule has 12 heavy (non-hydrogen) atoms. The van der Waals surface area contributed by atoms with Crippen molar-refractivity contribution in [3.05, 3.63) is 5.69 Å². The second-order valence-corrected chi connectivity index (χ2v) is 5.30. The fourth-order valence-electron chi connectivity index (χ4n) is 0.550. The van der Waals surface area contributed by atoms with Crippen LogP contribution in [0.1, 0.15) is 5.69 Å². The number of thiazole rings is 1. The van der Waals surface area contributed by atoms with Gasteiger partial charge in [-0.3, -0.25) is 0 Å². The molecule has 1 heterocycles. The number of anilines is 1. The zero-order valence-corrected chi connectivity index (χ0v) is 7.74. The molecule has 5 nitrogen and oxygen atoms in total. The van der Waals surface area contributed by atoms with Gasteiger partial charge in [0.1, 0.15) is 11.1 Å². The lowest BCUT2D eigenvalue weighted by molar-refractivity contribution is 0.601. The molecule has 1 aromatic rings. The molecular weight excluding hydrogens is 198 g/mol. The SMILES string of the molecule is CS(=O)(=O)c1nc(C#N)c(N)s1. The molecule has 64 valence electrons. The maximum atomic E-state index is 10.9. The van der Waals surface area contributed by atoms with Crippen LogP contribution < -0.4 is 5.73 Å². The van der Waals surface area contributed by atoms with Crippen molar-refractivity contribution in [3.8, 4) is 6.07 Å². The minimum atomic E-state index is -3.34. The maximum absolute atomic E-state index is 10.9. The molecule has 0 saturated heterocycles. The van der Waals surface area contributed by atoms with Gasteiger partial charge in [0.25, 0.3) is 0 Å². The molecule has 0 spiro atoms. The van der Waals surface area contributed by atoms with E-state index in [0.717, 1.165) is 17.6 Å². The highest BCUT2D eigenvalue weighted by Gasteiger charge is 2.15. The van der Waals surface area contributed by atoms with Gasteiger partial charge >= 0.3 is 0 Å². The third-order valence-corrected chi connectivity index (χ3v) is 3.62. The van der Waals surface area contributed by atoms with Crippen molar-refractivity contribution in [1.29, 1.82) is 5.26 Å². The monoisotopic (exact) mass is 203 g/mol. The van der Waals surface area contributed by atoms with E-state index in [-0.39, 0.29) is 15.0 Å². The van der Waals surface area contributed by atoms with Crippen molar-refractivity contribution in [1.82, 2.24) is 4.98 Å². The molecule has 0 saturated carbocycles. The number of aromatic nitrogens is 1. The first kappa shape index (κ1) is 8.96. The Morgan fingerprint density at radius 1 is 1.67 bits per heavy atom. The first-order chi connectivity index (χ1) is 5.45. The van der Waals surface area contributed by atoms with Crippen LogP contribution in [0.3, 0.4) is 0 Å². The molecule has 0 amide bonds. The lowest BCUT2D eigenvalue weighted by atomic mass is 10.5. The van der Waals surface area contributed by atoms with Crippen molar-refractivity contribution >= 4 is 26.2 Å². The van der Waals surface area contributed by atoms with Crippen LogP contribution in [0.25, 0.3) is 0 Å². The first-order valence-electron chi connectivity index (χ1n) is 2.81. The fraction of sp³-hybridized carbons (Fsp3) is 0.200. The summed E-state index contributed by atoms with van der Waals surface area (Å²) < 4.78 is 21.7. The van der Waals surface area contributed by atoms with Gasteiger partial charge in [0.05, 0.1) is 0 Å². The van der Waals surface area contributed by atoms with Crippen LogP contribution >= 0.6 is 11.3 Å². The molecule has 0 aromatic carbocycles. The quantitative estimate of drug-likeness (QED) is 0.692. The van der Waals surface area contributed by atoms with Crippen LogP contribution in [0.2, 0.25) is 0 Å². The summed E-state index contributed by atoms with van der Waals surface area (Å²) >= 11 is 0.802. The van der Waals surface area contributed by atoms with E-state index in [9.17, 15) is 8.42 Å². The molecule has 2 N–H and O–H groups in total. The average Bonchev–Trinajstić information content (AvgIpc) is 2.29. The standard InChI is InChI=1S/C5H5N3O2S2/c1-12(9,10)5-8-3(2-6)4(7)11-5/h7H2,1H3. The minimum Gasteiger partial charge on any atom is -0.388 e. The predicted molar refractivity (Wildman–Crippen MR) is 44.4 cm³/mol. The molecule has 0 fully saturated rings. The molecule has 0 aliphatic rings. The van der Waals surface area contributed by atoms with Crippen molar-refractivity contribution in [2.45, 2.75) is 4.34 Å². The van der Waals surface area contributed by atoms with Crippen molar-refractivity contribution in [3.63, 3.8) is 0 Å². The van der Waals surface area contributed by atoms with E-state index in [2.05, 4.69) is 4.98 Å². The van der Waals surface area contributed by atoms with Crippen LogP contribution in [0.5, 0.6) is 0 Å². The maximum Gasteiger partial charge on any atom is 0.212 e. The van der Waals surface area contributed by atoms with E-state index >= 15 is 0 Å². The molecule has 0 unspecified atom stereocenters. The van der Waals surface area contributed by atoms with Gasteiger partial charge < -0.3 is 5.73 Å². The average molecular weight is 203 g/mol. The molecule has 1 rings (SSSR count). The van der Waals surface area contributed by atoms with Crippen LogP contribution in [0.15, 0.2) is 4.34 Å². The molecule has 7 heteroatoms. The number of nitrogens with zero attached hydrogens (tertiary/aromatic N) is 2. The van der Waals surface area contributed by atoms with Gasteiger partial charge in [0.15, 0.2) is 5.69 Å². The van der Waals surface area contributed by atoms with E-state index < -0.39 is 9.84 Å². The number of nitrogen functional groups attached to an aromatic ring is 1. The molecule has 0 aliphatic carbocycles. The highest BCUT2D eigenvalue weighted by atomic mass is 32.2. The number of nitriles is 1. The summed E-state index contributed by atoms with van der Waals surface area (Å²) in [6, 6.07) is 1.70. The summed E-state index contributed by atoms with van der Waals surface area (Å²) in [6.45, 7) is 0. The van der Waals surface area contributed by atoms with Crippen LogP contribution in [0, 0.1) is 11.3 Å². The minimum absolute atomic E-state index is 0.0274. The second-order valence-electron chi connectivity index (χ2n) is 2.08. The van der Waals surface area contributed by atoms with Gasteiger partial charge in [0, 0.05) is 6.26 Å². The third kappa shape index (κ3) is 1.54. The van der Waals surface area contributed by atoms with Gasteiger partial charge in [0.2, 0.25) is 14.2 Å². The Balaban J connectivity index is 3.35. The van der Waals surface area contributed by atoms with Crippen LogP contribution in [-0.4, -0.2) is 19.7 Å². The van der Waals surface area contributed by atoms with Crippen LogP contribution in [0.4, 0.5) is 5.00 Å². The van der Waals surface area contributed by atoms with Gasteiger partial charge in [-0.25, -0.2) is 13.4 Å². The molecule has 0 aliphatic heterocycles. The number of hydrogen-bond acceptors (Lipinski definition) is 6. The van der Waals surface area contributed by atoms with Gasteiger partial charge in [-0.2, -0.15) is 5.26 Å². The largest absolute Gasteiger partial charge is 0.388 e. The molecule has 1 aromatic heterocycles. The highest BCUT2D eigenvalue weighted by Crippen LogP contribution is 2.23. The zero-order chi connectivity index (χ0) is 9.35. The summed E-state index contributed by atoms with van der Waals surface area (Å²) in [4.78, 5) is 3.54. The van der Waals surface area contributed by atoms with Gasteiger partial charge in [-0.1, -0.05) is 11.3 Å². The van der Waals surface area contributed by atoms with Crippen molar-refractivity contribution in [2.24, 2.45) is 0 Å². The van der Waals surface area contributed by atoms with Gasteiger partial charge in [-0.15, -0.1) is 0 Å². The molecule has 0 radical (unpaired) electrons. The summed E-state index contributed by atoms with van der Waals surface area (Å²) in [6.07, 6.45) is 1.02. The van der Waals surface area contributed by atoms with E-state index in [1.54, 1.807) is 6.07 Å². The summed E-state index contributed by atoms with van der Waals surface area (Å²) in [7, 11) is -3.34. The number of hydrogen-bond donors (Lipinski definition) is 1. The third-order valence-electron chi connectivity index (χ3n) is 1.06. The Hall–Kier alpha value is -1.13. The van der Waals surface area contributed by atoms with E-state index in [0.29, 0.717) is 0 Å². The van der Waals surface area contributed by atoms with Crippen molar-refractivity contribution in [2.75, 3.05) is 12.0 Å². The molecule has 0 bridgehead atoms. The number of sulfone groups is 1. The van der Waals surface area contributed by atoms with Gasteiger partial charge in [-0.05, 0) is 0 Å². The molecular formula is C5H5N3O2S2. The van der Waals surface area contributed by atoms with E-state index in [1.165, 1.54) is 0 Å². The summed E-state index contributed by atoms with van der Waals surface area (Å²) in [5.41, 5.74) is 5.29. The number of rotatable bonds is 1. The zero-order valence-electron chi connectivity index (χ0n) is 6.10.